The third-order valence-electron chi connectivity index (χ3n) is 9.42. The summed E-state index contributed by atoms with van der Waals surface area (Å²) < 4.78 is 6.02. The monoisotopic (exact) mass is 344 g/mol. The molecule has 4 aliphatic carbocycles. The Morgan fingerprint density at radius 1 is 1.00 bits per heavy atom. The number of hydrogen-bond acceptors (Lipinski definition) is 3. The van der Waals surface area contributed by atoms with Crippen molar-refractivity contribution in [3.05, 3.63) is 11.6 Å². The van der Waals surface area contributed by atoms with Crippen LogP contribution in [0.3, 0.4) is 0 Å². The summed E-state index contributed by atoms with van der Waals surface area (Å²) in [7, 11) is 0. The van der Waals surface area contributed by atoms with Crippen LogP contribution in [0.15, 0.2) is 11.6 Å². The van der Waals surface area contributed by atoms with E-state index >= 15 is 0 Å². The minimum atomic E-state index is -0.221. The fraction of sp³-hybridized carbons (Fsp3) is 0.864. The normalized spacial score (nSPS) is 54.5. The predicted octanol–water partition coefficient (Wildman–Crippen LogP) is 4.39. The molecule has 3 nitrogen and oxygen atoms in total. The number of allylic oxidation sites excluding steroid dienone is 1. The molecule has 25 heavy (non-hydrogen) atoms. The molecule has 0 unspecified atom stereocenters. The van der Waals surface area contributed by atoms with E-state index in [2.05, 4.69) is 19.9 Å². The number of aliphatic hydroxyl groups excluding tert-OH is 1. The van der Waals surface area contributed by atoms with Gasteiger partial charge in [0.15, 0.2) is 0 Å². The molecule has 1 aliphatic heterocycles. The van der Waals surface area contributed by atoms with Gasteiger partial charge in [0.05, 0.1) is 6.10 Å². The Hall–Kier alpha value is -0.830. The first-order valence-electron chi connectivity index (χ1n) is 10.5. The molecule has 0 aromatic rings. The molecule has 0 bridgehead atoms. The van der Waals surface area contributed by atoms with Crippen molar-refractivity contribution in [2.75, 3.05) is 0 Å². The highest BCUT2D eigenvalue weighted by Gasteiger charge is 2.66. The maximum Gasteiger partial charge on any atom is 0.306 e. The van der Waals surface area contributed by atoms with Gasteiger partial charge in [-0.25, -0.2) is 0 Å². The summed E-state index contributed by atoms with van der Waals surface area (Å²) in [5.74, 6) is 2.27. The highest BCUT2D eigenvalue weighted by atomic mass is 16.6. The summed E-state index contributed by atoms with van der Waals surface area (Å²) >= 11 is 0. The van der Waals surface area contributed by atoms with Crippen LogP contribution < -0.4 is 0 Å². The van der Waals surface area contributed by atoms with Crippen LogP contribution in [0.25, 0.3) is 0 Å². The number of ether oxygens (including phenoxy) is 1. The van der Waals surface area contributed by atoms with E-state index in [9.17, 15) is 9.90 Å². The summed E-state index contributed by atoms with van der Waals surface area (Å²) in [4.78, 5) is 11.9. The van der Waals surface area contributed by atoms with E-state index in [1.165, 1.54) is 31.3 Å². The number of fused-ring (bicyclic) bond motifs is 6. The van der Waals surface area contributed by atoms with Crippen LogP contribution in [0.4, 0.5) is 0 Å². The van der Waals surface area contributed by atoms with Crippen molar-refractivity contribution >= 4 is 5.97 Å². The Labute approximate surface area is 151 Å². The largest absolute Gasteiger partial charge is 0.458 e. The average molecular weight is 344 g/mol. The van der Waals surface area contributed by atoms with E-state index in [1.54, 1.807) is 0 Å². The molecule has 1 N–H and O–H groups in total. The van der Waals surface area contributed by atoms with Gasteiger partial charge in [0.25, 0.3) is 0 Å². The zero-order valence-corrected chi connectivity index (χ0v) is 15.7. The number of carbonyl (C=O) groups is 1. The second-order valence-corrected chi connectivity index (χ2v) is 10.1. The summed E-state index contributed by atoms with van der Waals surface area (Å²) in [5, 5.41) is 10.1. The summed E-state index contributed by atoms with van der Waals surface area (Å²) in [6.45, 7) is 4.92. The molecule has 7 atom stereocenters. The summed E-state index contributed by atoms with van der Waals surface area (Å²) in [5.41, 5.74) is 1.87. The van der Waals surface area contributed by atoms with Crippen LogP contribution in [0.1, 0.15) is 78.1 Å². The number of aliphatic hydroxyl groups is 1. The zero-order chi connectivity index (χ0) is 17.4. The molecule has 4 fully saturated rings. The van der Waals surface area contributed by atoms with Gasteiger partial charge in [-0.3, -0.25) is 4.79 Å². The lowest BCUT2D eigenvalue weighted by Gasteiger charge is -2.59. The number of esters is 1. The molecule has 0 aromatic heterocycles. The van der Waals surface area contributed by atoms with Crippen LogP contribution >= 0.6 is 0 Å². The van der Waals surface area contributed by atoms with Gasteiger partial charge in [-0.1, -0.05) is 25.5 Å². The summed E-state index contributed by atoms with van der Waals surface area (Å²) in [6, 6.07) is 0. The van der Waals surface area contributed by atoms with Gasteiger partial charge in [-0.2, -0.15) is 0 Å². The van der Waals surface area contributed by atoms with Crippen LogP contribution in [0.2, 0.25) is 0 Å². The van der Waals surface area contributed by atoms with Crippen molar-refractivity contribution in [1.82, 2.24) is 0 Å². The first-order chi connectivity index (χ1) is 11.9. The van der Waals surface area contributed by atoms with E-state index in [-0.39, 0.29) is 23.1 Å². The average Bonchev–Trinajstić information content (AvgIpc) is 3.10. The van der Waals surface area contributed by atoms with Crippen molar-refractivity contribution in [2.45, 2.75) is 89.8 Å². The molecular weight excluding hydrogens is 312 g/mol. The topological polar surface area (TPSA) is 46.5 Å². The first-order valence-corrected chi connectivity index (χ1v) is 10.5. The lowest BCUT2D eigenvalue weighted by atomic mass is 9.46. The Morgan fingerprint density at radius 3 is 2.56 bits per heavy atom. The molecule has 0 amide bonds. The first kappa shape index (κ1) is 16.4. The molecule has 1 saturated heterocycles. The van der Waals surface area contributed by atoms with Gasteiger partial charge in [0.1, 0.15) is 5.60 Å². The highest BCUT2D eigenvalue weighted by molar-refractivity contribution is 5.72. The van der Waals surface area contributed by atoms with E-state index in [0.29, 0.717) is 17.8 Å². The second-order valence-electron chi connectivity index (χ2n) is 10.1. The van der Waals surface area contributed by atoms with Gasteiger partial charge >= 0.3 is 5.97 Å². The number of rotatable bonds is 0. The van der Waals surface area contributed by atoms with Gasteiger partial charge in [-0.05, 0) is 81.0 Å². The predicted molar refractivity (Wildman–Crippen MR) is 95.8 cm³/mol. The molecule has 1 heterocycles. The standard InChI is InChI=1S/C22H32O3/c1-20-9-5-15(23)13-14(20)3-4-16-17(20)6-10-21(2)18(16)7-11-22(21)12-8-19(24)25-22/h13,15-18,23H,3-12H2,1-2H3/t15-,16+,17+,18+,20-,21+,22+/m1/s1. The minimum Gasteiger partial charge on any atom is -0.458 e. The van der Waals surface area contributed by atoms with E-state index in [4.69, 9.17) is 4.74 Å². The van der Waals surface area contributed by atoms with Crippen LogP contribution in [0, 0.1) is 28.6 Å². The maximum atomic E-state index is 11.9. The van der Waals surface area contributed by atoms with Crippen molar-refractivity contribution in [3.8, 4) is 0 Å². The smallest absolute Gasteiger partial charge is 0.306 e. The van der Waals surface area contributed by atoms with E-state index < -0.39 is 0 Å². The lowest BCUT2D eigenvalue weighted by Crippen LogP contribution is -2.54. The van der Waals surface area contributed by atoms with E-state index in [1.807, 2.05) is 0 Å². The van der Waals surface area contributed by atoms with Gasteiger partial charge in [0, 0.05) is 11.8 Å². The SMILES string of the molecule is C[C@]12CC[C@H]3[C@H](CCC4=C[C@H](O)CC[C@]43C)[C@@H]1CC[C@]21CCC(=O)O1. The number of hydrogen-bond donors (Lipinski definition) is 1. The molecule has 5 rings (SSSR count). The Balaban J connectivity index is 1.48. The third kappa shape index (κ3) is 1.99. The van der Waals surface area contributed by atoms with Crippen molar-refractivity contribution in [2.24, 2.45) is 28.6 Å². The maximum absolute atomic E-state index is 11.9. The molecule has 0 aromatic carbocycles. The zero-order valence-electron chi connectivity index (χ0n) is 15.7. The molecular formula is C22H32O3. The summed E-state index contributed by atoms with van der Waals surface area (Å²) in [6.07, 6.45) is 12.8. The van der Waals surface area contributed by atoms with E-state index in [0.717, 1.165) is 43.9 Å². The third-order valence-corrected chi connectivity index (χ3v) is 9.42. The van der Waals surface area contributed by atoms with Gasteiger partial charge in [-0.15, -0.1) is 0 Å². The van der Waals surface area contributed by atoms with Crippen LogP contribution in [-0.2, 0) is 9.53 Å². The fourth-order valence-electron chi connectivity index (χ4n) is 8.00. The van der Waals surface area contributed by atoms with Gasteiger partial charge < -0.3 is 9.84 Å². The van der Waals surface area contributed by atoms with Crippen molar-refractivity contribution in [3.63, 3.8) is 0 Å². The quantitative estimate of drug-likeness (QED) is 0.524. The fourth-order valence-corrected chi connectivity index (χ4v) is 8.00. The number of carbonyl (C=O) groups excluding carboxylic acids is 1. The minimum absolute atomic E-state index is 0.0334. The second kappa shape index (κ2) is 5.12. The Morgan fingerprint density at radius 2 is 1.80 bits per heavy atom. The van der Waals surface area contributed by atoms with Crippen molar-refractivity contribution < 1.29 is 14.6 Å². The Bertz CT molecular complexity index is 639. The van der Waals surface area contributed by atoms with Crippen LogP contribution in [-0.4, -0.2) is 22.8 Å². The van der Waals surface area contributed by atoms with Crippen LogP contribution in [0.5, 0.6) is 0 Å². The Kier molecular flexibility index (Phi) is 3.35. The van der Waals surface area contributed by atoms with Crippen molar-refractivity contribution in [1.29, 1.82) is 0 Å². The molecule has 0 radical (unpaired) electrons. The molecule has 5 aliphatic rings. The highest BCUT2D eigenvalue weighted by Crippen LogP contribution is 2.69. The lowest BCUT2D eigenvalue weighted by molar-refractivity contribution is -0.168. The molecule has 1 spiro atoms. The molecule has 3 heteroatoms. The molecule has 138 valence electrons. The molecule has 3 saturated carbocycles. The van der Waals surface area contributed by atoms with Gasteiger partial charge in [0.2, 0.25) is 0 Å².